The molecular weight excluding hydrogens is 368 g/mol. The zero-order valence-corrected chi connectivity index (χ0v) is 15.9. The Morgan fingerprint density at radius 3 is 2.07 bits per heavy atom. The number of anilines is 4. The van der Waals surface area contributed by atoms with Gasteiger partial charge in [0.1, 0.15) is 5.82 Å². The summed E-state index contributed by atoms with van der Waals surface area (Å²) < 4.78 is 16.0. The van der Waals surface area contributed by atoms with Crippen molar-refractivity contribution in [3.63, 3.8) is 0 Å². The number of halogens is 1. The number of hydrogen-bond acceptors (Lipinski definition) is 7. The quantitative estimate of drug-likeness (QED) is 0.612. The molecule has 0 spiro atoms. The normalized spacial score (nSPS) is 10.2. The van der Waals surface area contributed by atoms with Gasteiger partial charge in [0.05, 0.1) is 21.3 Å². The number of nitrogens with zero attached hydrogens (tertiary/aromatic N) is 2. The predicted molar refractivity (Wildman–Crippen MR) is 106 cm³/mol. The summed E-state index contributed by atoms with van der Waals surface area (Å²) in [5, 5.41) is 7.02. The topological polar surface area (TPSA) is 77.5 Å². The number of methoxy groups -OCH3 is 3. The Hall–Kier alpha value is -3.19. The smallest absolute Gasteiger partial charge is 0.229 e. The first-order chi connectivity index (χ1) is 13.1. The van der Waals surface area contributed by atoms with Crippen LogP contribution in [-0.4, -0.2) is 31.3 Å². The van der Waals surface area contributed by atoms with E-state index in [-0.39, 0.29) is 0 Å². The van der Waals surface area contributed by atoms with Gasteiger partial charge in [0.25, 0.3) is 0 Å². The van der Waals surface area contributed by atoms with Gasteiger partial charge in [-0.25, -0.2) is 4.98 Å². The Bertz CT molecular complexity index is 894. The van der Waals surface area contributed by atoms with Gasteiger partial charge in [-0.1, -0.05) is 11.6 Å². The molecule has 8 heteroatoms. The maximum absolute atomic E-state index is 5.91. The van der Waals surface area contributed by atoms with E-state index in [9.17, 15) is 0 Å². The Morgan fingerprint density at radius 1 is 0.815 bits per heavy atom. The van der Waals surface area contributed by atoms with Crippen LogP contribution in [0.15, 0.2) is 48.7 Å². The van der Waals surface area contributed by atoms with Gasteiger partial charge in [-0.3, -0.25) is 0 Å². The van der Waals surface area contributed by atoms with Crippen LogP contribution in [0, 0.1) is 0 Å². The predicted octanol–water partition coefficient (Wildman–Crippen LogP) is 4.64. The van der Waals surface area contributed by atoms with Crippen LogP contribution in [0.2, 0.25) is 5.02 Å². The van der Waals surface area contributed by atoms with Crippen LogP contribution >= 0.6 is 11.6 Å². The SMILES string of the molecule is COc1cc(Nc2nccc(Nc3ccc(Cl)cc3)n2)cc(OC)c1OC. The third kappa shape index (κ3) is 4.51. The fourth-order valence-electron chi connectivity index (χ4n) is 2.45. The van der Waals surface area contributed by atoms with Crippen molar-refractivity contribution < 1.29 is 14.2 Å². The molecule has 2 aromatic carbocycles. The molecule has 0 radical (unpaired) electrons. The van der Waals surface area contributed by atoms with Gasteiger partial charge >= 0.3 is 0 Å². The maximum Gasteiger partial charge on any atom is 0.229 e. The molecule has 2 N–H and O–H groups in total. The zero-order valence-electron chi connectivity index (χ0n) is 15.1. The van der Waals surface area contributed by atoms with E-state index in [1.165, 1.54) is 0 Å². The molecule has 0 bridgehead atoms. The summed E-state index contributed by atoms with van der Waals surface area (Å²) in [5.74, 6) is 2.65. The Kier molecular flexibility index (Phi) is 5.83. The fourth-order valence-corrected chi connectivity index (χ4v) is 2.58. The molecule has 0 aliphatic rings. The molecule has 1 heterocycles. The van der Waals surface area contributed by atoms with Crippen molar-refractivity contribution in [1.29, 1.82) is 0 Å². The molecule has 0 atom stereocenters. The van der Waals surface area contributed by atoms with Gasteiger partial charge in [0, 0.05) is 34.7 Å². The lowest BCUT2D eigenvalue weighted by molar-refractivity contribution is 0.324. The van der Waals surface area contributed by atoms with Gasteiger partial charge in [-0.05, 0) is 30.3 Å². The highest BCUT2D eigenvalue weighted by Crippen LogP contribution is 2.40. The Balaban J connectivity index is 1.82. The lowest BCUT2D eigenvalue weighted by Crippen LogP contribution is -2.02. The average molecular weight is 387 g/mol. The van der Waals surface area contributed by atoms with Gasteiger partial charge in [0.15, 0.2) is 11.5 Å². The zero-order chi connectivity index (χ0) is 19.2. The van der Waals surface area contributed by atoms with Crippen molar-refractivity contribution in [3.8, 4) is 17.2 Å². The minimum atomic E-state index is 0.420. The van der Waals surface area contributed by atoms with Crippen molar-refractivity contribution >= 4 is 34.7 Å². The molecule has 27 heavy (non-hydrogen) atoms. The number of hydrogen-bond donors (Lipinski definition) is 2. The molecule has 0 saturated carbocycles. The lowest BCUT2D eigenvalue weighted by atomic mass is 10.2. The number of ether oxygens (including phenoxy) is 3. The van der Waals surface area contributed by atoms with E-state index in [1.54, 1.807) is 57.9 Å². The van der Waals surface area contributed by atoms with Crippen molar-refractivity contribution in [2.24, 2.45) is 0 Å². The van der Waals surface area contributed by atoms with Crippen molar-refractivity contribution in [2.75, 3.05) is 32.0 Å². The van der Waals surface area contributed by atoms with Gasteiger partial charge < -0.3 is 24.8 Å². The largest absolute Gasteiger partial charge is 0.493 e. The highest BCUT2D eigenvalue weighted by Gasteiger charge is 2.14. The molecule has 0 saturated heterocycles. The van der Waals surface area contributed by atoms with Crippen LogP contribution in [0.3, 0.4) is 0 Å². The van der Waals surface area contributed by atoms with E-state index >= 15 is 0 Å². The molecule has 0 unspecified atom stereocenters. The number of aromatic nitrogens is 2. The first-order valence-corrected chi connectivity index (χ1v) is 8.43. The van der Waals surface area contributed by atoms with Crippen LogP contribution in [0.1, 0.15) is 0 Å². The van der Waals surface area contributed by atoms with Crippen molar-refractivity contribution in [1.82, 2.24) is 9.97 Å². The second-order valence-electron chi connectivity index (χ2n) is 5.44. The van der Waals surface area contributed by atoms with Crippen LogP contribution in [0.25, 0.3) is 0 Å². The standard InChI is InChI=1S/C19H19ClN4O3/c1-25-15-10-14(11-16(26-2)18(15)27-3)23-19-21-9-8-17(24-19)22-13-6-4-12(20)5-7-13/h4-11H,1-3H3,(H2,21,22,23,24). The van der Waals surface area contributed by atoms with E-state index in [0.29, 0.717) is 39.7 Å². The van der Waals surface area contributed by atoms with E-state index in [0.717, 1.165) is 5.69 Å². The molecule has 0 aliphatic carbocycles. The average Bonchev–Trinajstić information content (AvgIpc) is 2.69. The third-order valence-corrected chi connectivity index (χ3v) is 3.95. The summed E-state index contributed by atoms with van der Waals surface area (Å²) in [6, 6.07) is 12.7. The molecular formula is C19H19ClN4O3. The van der Waals surface area contributed by atoms with Gasteiger partial charge in [0.2, 0.25) is 11.7 Å². The molecule has 0 fully saturated rings. The number of nitrogens with one attached hydrogen (secondary N) is 2. The van der Waals surface area contributed by atoms with Crippen molar-refractivity contribution in [3.05, 3.63) is 53.7 Å². The molecule has 7 nitrogen and oxygen atoms in total. The highest BCUT2D eigenvalue weighted by molar-refractivity contribution is 6.30. The van der Waals surface area contributed by atoms with Gasteiger partial charge in [-0.15, -0.1) is 0 Å². The molecule has 0 aliphatic heterocycles. The second-order valence-corrected chi connectivity index (χ2v) is 5.87. The van der Waals surface area contributed by atoms with Crippen LogP contribution in [0.4, 0.5) is 23.1 Å². The highest BCUT2D eigenvalue weighted by atomic mass is 35.5. The minimum Gasteiger partial charge on any atom is -0.493 e. The fraction of sp³-hybridized carbons (Fsp3) is 0.158. The summed E-state index contributed by atoms with van der Waals surface area (Å²) in [6.07, 6.45) is 1.66. The molecule has 0 amide bonds. The molecule has 140 valence electrons. The first kappa shape index (κ1) is 18.6. The Morgan fingerprint density at radius 2 is 1.48 bits per heavy atom. The minimum absolute atomic E-state index is 0.420. The lowest BCUT2D eigenvalue weighted by Gasteiger charge is -2.15. The number of benzene rings is 2. The van der Waals surface area contributed by atoms with Crippen LogP contribution in [0.5, 0.6) is 17.2 Å². The van der Waals surface area contributed by atoms with E-state index in [4.69, 9.17) is 25.8 Å². The maximum atomic E-state index is 5.91. The summed E-state index contributed by atoms with van der Waals surface area (Å²) in [5.41, 5.74) is 1.57. The van der Waals surface area contributed by atoms with E-state index in [1.807, 2.05) is 12.1 Å². The summed E-state index contributed by atoms with van der Waals surface area (Å²) in [6.45, 7) is 0. The third-order valence-electron chi connectivity index (χ3n) is 3.69. The number of rotatable bonds is 7. The first-order valence-electron chi connectivity index (χ1n) is 8.05. The molecule has 3 rings (SSSR count). The van der Waals surface area contributed by atoms with Crippen LogP contribution < -0.4 is 24.8 Å². The van der Waals surface area contributed by atoms with E-state index < -0.39 is 0 Å². The van der Waals surface area contributed by atoms with Crippen molar-refractivity contribution in [2.45, 2.75) is 0 Å². The molecule has 1 aromatic heterocycles. The summed E-state index contributed by atoms with van der Waals surface area (Å²) in [7, 11) is 4.69. The van der Waals surface area contributed by atoms with Crippen LogP contribution in [-0.2, 0) is 0 Å². The summed E-state index contributed by atoms with van der Waals surface area (Å²) >= 11 is 5.91. The monoisotopic (exact) mass is 386 g/mol. The van der Waals surface area contributed by atoms with E-state index in [2.05, 4.69) is 20.6 Å². The second kappa shape index (κ2) is 8.46. The van der Waals surface area contributed by atoms with Gasteiger partial charge in [-0.2, -0.15) is 4.98 Å². The Labute approximate surface area is 162 Å². The molecule has 3 aromatic rings. The summed E-state index contributed by atoms with van der Waals surface area (Å²) in [4.78, 5) is 8.71.